The summed E-state index contributed by atoms with van der Waals surface area (Å²) in [5, 5.41) is 0. The smallest absolute Gasteiger partial charge is 0.151 e. The molecule has 0 amide bonds. The predicted octanol–water partition coefficient (Wildman–Crippen LogP) is 0.373. The maximum atomic E-state index is 10.8. The number of nitrogens with zero attached hydrogens (tertiary/aromatic N) is 2. The molecule has 0 spiro atoms. The van der Waals surface area contributed by atoms with E-state index >= 15 is 0 Å². The molecule has 0 N–H and O–H groups in total. The topological polar surface area (TPSA) is 23.6 Å². The average Bonchev–Trinajstić information content (AvgIpc) is 2.07. The fraction of sp³-hybridized carbons (Fsp3) is 0.778. The number of carbonyl (C=O) groups excluding carboxylic acids is 1. The van der Waals surface area contributed by atoms with Crippen LogP contribution in [0.15, 0.2) is 0 Å². The van der Waals surface area contributed by atoms with Crippen molar-refractivity contribution in [3.05, 3.63) is 6.42 Å². The summed E-state index contributed by atoms with van der Waals surface area (Å²) in [7, 11) is 3.88. The molecule has 1 unspecified atom stereocenters. The number of hydrogen-bond donors (Lipinski definition) is 0. The first kappa shape index (κ1) is 9.68. The second kappa shape index (κ2) is 4.58. The third-order valence-corrected chi connectivity index (χ3v) is 2.27. The fourth-order valence-electron chi connectivity index (χ4n) is 1.57. The van der Waals surface area contributed by atoms with Crippen LogP contribution >= 0.6 is 0 Å². The minimum atomic E-state index is -0.0290. The molecule has 1 heterocycles. The van der Waals surface area contributed by atoms with E-state index in [9.17, 15) is 4.79 Å². The van der Waals surface area contributed by atoms with Gasteiger partial charge in [0.15, 0.2) is 6.29 Å². The lowest BCUT2D eigenvalue weighted by Gasteiger charge is -2.34. The first-order chi connectivity index (χ1) is 5.75. The Kier molecular flexibility index (Phi) is 3.69. The highest BCUT2D eigenvalue weighted by Crippen LogP contribution is 2.11. The van der Waals surface area contributed by atoms with Crippen LogP contribution in [0.1, 0.15) is 12.8 Å². The van der Waals surface area contributed by atoms with Gasteiger partial charge in [-0.05, 0) is 33.4 Å². The zero-order valence-electron chi connectivity index (χ0n) is 7.86. The second-order valence-electron chi connectivity index (χ2n) is 3.42. The predicted molar refractivity (Wildman–Crippen MR) is 48.6 cm³/mol. The summed E-state index contributed by atoms with van der Waals surface area (Å²) in [4.78, 5) is 14.9. The second-order valence-corrected chi connectivity index (χ2v) is 3.42. The quantitative estimate of drug-likeness (QED) is 0.570. The van der Waals surface area contributed by atoms with E-state index < -0.39 is 0 Å². The van der Waals surface area contributed by atoms with Crippen LogP contribution in [0.25, 0.3) is 0 Å². The van der Waals surface area contributed by atoms with Gasteiger partial charge >= 0.3 is 0 Å². The fourth-order valence-corrected chi connectivity index (χ4v) is 1.57. The molecule has 0 aromatic heterocycles. The summed E-state index contributed by atoms with van der Waals surface area (Å²) in [6, 6.07) is 0. The van der Waals surface area contributed by atoms with Gasteiger partial charge < -0.3 is 4.79 Å². The van der Waals surface area contributed by atoms with Crippen molar-refractivity contribution in [2.45, 2.75) is 19.0 Å². The lowest BCUT2D eigenvalue weighted by Crippen LogP contribution is -2.48. The van der Waals surface area contributed by atoms with Crippen LogP contribution in [-0.2, 0) is 4.79 Å². The molecule has 1 atom stereocenters. The molecule has 1 saturated heterocycles. The van der Waals surface area contributed by atoms with Crippen LogP contribution in [0.2, 0.25) is 0 Å². The third-order valence-electron chi connectivity index (χ3n) is 2.27. The highest BCUT2D eigenvalue weighted by Gasteiger charge is 2.21. The average molecular weight is 169 g/mol. The molecule has 1 fully saturated rings. The van der Waals surface area contributed by atoms with Gasteiger partial charge in [0.2, 0.25) is 0 Å². The van der Waals surface area contributed by atoms with Gasteiger partial charge in [-0.1, -0.05) is 0 Å². The molecule has 0 bridgehead atoms. The summed E-state index contributed by atoms with van der Waals surface area (Å²) >= 11 is 0. The Morgan fingerprint density at radius 1 is 1.42 bits per heavy atom. The standard InChI is InChI=1S/C9H17N2O/c1-10(2)9(8-12)11-6-4-3-5-7-11/h3,8-9H,4-7H2,1-2H3. The van der Waals surface area contributed by atoms with Crippen molar-refractivity contribution in [2.24, 2.45) is 0 Å². The summed E-state index contributed by atoms with van der Waals surface area (Å²) in [6.45, 7) is 2.03. The van der Waals surface area contributed by atoms with Crippen molar-refractivity contribution in [2.75, 3.05) is 27.2 Å². The summed E-state index contributed by atoms with van der Waals surface area (Å²) in [5.74, 6) is 0. The van der Waals surface area contributed by atoms with E-state index in [1.54, 1.807) is 0 Å². The van der Waals surface area contributed by atoms with Crippen LogP contribution in [0.3, 0.4) is 0 Å². The van der Waals surface area contributed by atoms with Crippen LogP contribution in [-0.4, -0.2) is 49.4 Å². The zero-order chi connectivity index (χ0) is 8.97. The van der Waals surface area contributed by atoms with E-state index in [2.05, 4.69) is 11.3 Å². The zero-order valence-corrected chi connectivity index (χ0v) is 7.86. The van der Waals surface area contributed by atoms with Crippen molar-refractivity contribution in [3.8, 4) is 0 Å². The number of piperidine rings is 1. The molecule has 12 heavy (non-hydrogen) atoms. The molecule has 69 valence electrons. The number of carbonyl (C=O) groups is 1. The van der Waals surface area contributed by atoms with Gasteiger partial charge in [-0.3, -0.25) is 9.80 Å². The molecule has 3 nitrogen and oxygen atoms in total. The van der Waals surface area contributed by atoms with Gasteiger partial charge in [-0.2, -0.15) is 0 Å². The van der Waals surface area contributed by atoms with E-state index in [1.165, 1.54) is 0 Å². The van der Waals surface area contributed by atoms with Gasteiger partial charge in [0.25, 0.3) is 0 Å². The Morgan fingerprint density at radius 3 is 2.42 bits per heavy atom. The third kappa shape index (κ3) is 2.29. The van der Waals surface area contributed by atoms with Crippen molar-refractivity contribution in [1.29, 1.82) is 0 Å². The van der Waals surface area contributed by atoms with Gasteiger partial charge in [0, 0.05) is 13.1 Å². The molecule has 1 radical (unpaired) electrons. The van der Waals surface area contributed by atoms with Crippen molar-refractivity contribution in [3.63, 3.8) is 0 Å². The Labute approximate surface area is 74.3 Å². The van der Waals surface area contributed by atoms with E-state index in [4.69, 9.17) is 0 Å². The summed E-state index contributed by atoms with van der Waals surface area (Å²) < 4.78 is 0. The molecule has 0 aromatic rings. The highest BCUT2D eigenvalue weighted by atomic mass is 16.1. The molecule has 0 saturated carbocycles. The van der Waals surface area contributed by atoms with Crippen molar-refractivity contribution < 1.29 is 4.79 Å². The maximum absolute atomic E-state index is 10.8. The lowest BCUT2D eigenvalue weighted by molar-refractivity contribution is -0.117. The van der Waals surface area contributed by atoms with Crippen LogP contribution in [0.4, 0.5) is 0 Å². The van der Waals surface area contributed by atoms with Crippen molar-refractivity contribution in [1.82, 2.24) is 9.80 Å². The maximum Gasteiger partial charge on any atom is 0.151 e. The molecule has 3 heteroatoms. The van der Waals surface area contributed by atoms with Crippen LogP contribution in [0, 0.1) is 6.42 Å². The molecule has 1 aliphatic rings. The van der Waals surface area contributed by atoms with E-state index in [1.807, 2.05) is 19.0 Å². The summed E-state index contributed by atoms with van der Waals surface area (Å²) in [6.07, 6.45) is 5.49. The molecule has 0 aromatic carbocycles. The number of rotatable bonds is 3. The van der Waals surface area contributed by atoms with Crippen LogP contribution < -0.4 is 0 Å². The Balaban J connectivity index is 2.45. The first-order valence-corrected chi connectivity index (χ1v) is 4.43. The Morgan fingerprint density at radius 2 is 2.00 bits per heavy atom. The van der Waals surface area contributed by atoms with Crippen LogP contribution in [0.5, 0.6) is 0 Å². The van der Waals surface area contributed by atoms with E-state index in [-0.39, 0.29) is 6.17 Å². The SMILES string of the molecule is CN(C)C(C=O)N1CC[CH]CC1. The summed E-state index contributed by atoms with van der Waals surface area (Å²) in [5.41, 5.74) is 0. The molecule has 1 aliphatic heterocycles. The number of hydrogen-bond acceptors (Lipinski definition) is 3. The van der Waals surface area contributed by atoms with Gasteiger partial charge in [-0.15, -0.1) is 0 Å². The minimum Gasteiger partial charge on any atom is -0.300 e. The number of likely N-dealkylation sites (tertiary alicyclic amines) is 1. The highest BCUT2D eigenvalue weighted by molar-refractivity contribution is 5.56. The van der Waals surface area contributed by atoms with Crippen molar-refractivity contribution >= 4 is 6.29 Å². The molecule has 1 rings (SSSR count). The number of aldehydes is 1. The van der Waals surface area contributed by atoms with Gasteiger partial charge in [0.05, 0.1) is 0 Å². The number of likely N-dealkylation sites (N-methyl/N-ethyl adjacent to an activating group) is 1. The molecular formula is C9H17N2O. The van der Waals surface area contributed by atoms with E-state index in [0.717, 1.165) is 32.2 Å². The Bertz CT molecular complexity index is 141. The molecular weight excluding hydrogens is 152 g/mol. The Hall–Kier alpha value is -0.410. The lowest BCUT2D eigenvalue weighted by atomic mass is 10.1. The minimum absolute atomic E-state index is 0.0290. The van der Waals surface area contributed by atoms with Gasteiger partial charge in [0.1, 0.15) is 6.17 Å². The first-order valence-electron chi connectivity index (χ1n) is 4.43. The normalized spacial score (nSPS) is 22.6. The van der Waals surface area contributed by atoms with E-state index in [0.29, 0.717) is 0 Å². The molecule has 0 aliphatic carbocycles. The monoisotopic (exact) mass is 169 g/mol. The largest absolute Gasteiger partial charge is 0.300 e. The van der Waals surface area contributed by atoms with Gasteiger partial charge in [-0.25, -0.2) is 0 Å².